The lowest BCUT2D eigenvalue weighted by Gasteiger charge is -2.17. The Bertz CT molecular complexity index is 954. The highest BCUT2D eigenvalue weighted by atomic mass is 35.5. The van der Waals surface area contributed by atoms with Gasteiger partial charge in [-0.15, -0.1) is 0 Å². The molecule has 1 heterocycles. The van der Waals surface area contributed by atoms with Crippen LogP contribution in [0.1, 0.15) is 27.7 Å². The summed E-state index contributed by atoms with van der Waals surface area (Å²) in [6.07, 6.45) is -0.187. The van der Waals surface area contributed by atoms with E-state index in [1.54, 1.807) is 27.7 Å². The van der Waals surface area contributed by atoms with Crippen LogP contribution in [-0.2, 0) is 39.1 Å². The number of nitrogens with zero attached hydrogens (tertiary/aromatic N) is 1. The SMILES string of the molecule is CC(C)OCOC(=O)OP(=O)(C/C=C/Cn1cc(Cl)c(=O)[nH]c1=O)OC(=O)OCOC(C)C. The first-order chi connectivity index (χ1) is 15.4. The molecule has 0 radical (unpaired) electrons. The van der Waals surface area contributed by atoms with Gasteiger partial charge in [0.25, 0.3) is 5.56 Å². The van der Waals surface area contributed by atoms with Crippen LogP contribution in [-0.4, -0.2) is 53.8 Å². The number of H-pyrrole nitrogens is 1. The molecule has 1 aromatic heterocycles. The first-order valence-corrected chi connectivity index (χ1v) is 11.7. The van der Waals surface area contributed by atoms with E-state index in [1.807, 2.05) is 4.98 Å². The van der Waals surface area contributed by atoms with Crippen molar-refractivity contribution < 1.29 is 42.1 Å². The molecule has 0 bridgehead atoms. The Kier molecular flexibility index (Phi) is 11.9. The number of aromatic nitrogens is 2. The zero-order valence-electron chi connectivity index (χ0n) is 18.5. The number of carbonyl (C=O) groups is 2. The highest BCUT2D eigenvalue weighted by molar-refractivity contribution is 7.55. The number of hydrogen-bond donors (Lipinski definition) is 1. The van der Waals surface area contributed by atoms with Crippen LogP contribution in [0.3, 0.4) is 0 Å². The van der Waals surface area contributed by atoms with Crippen molar-refractivity contribution in [2.24, 2.45) is 0 Å². The van der Waals surface area contributed by atoms with Gasteiger partial charge in [-0.25, -0.2) is 18.9 Å². The van der Waals surface area contributed by atoms with Crippen LogP contribution in [0.5, 0.6) is 0 Å². The molecular weight excluding hydrogens is 487 g/mol. The number of rotatable bonds is 12. The maximum atomic E-state index is 12.9. The summed E-state index contributed by atoms with van der Waals surface area (Å²) in [5.41, 5.74) is -1.47. The number of aromatic amines is 1. The largest absolute Gasteiger partial charge is 0.517 e. The number of ether oxygens (including phenoxy) is 4. The summed E-state index contributed by atoms with van der Waals surface area (Å²) in [5, 5.41) is -0.210. The zero-order valence-corrected chi connectivity index (χ0v) is 20.1. The molecule has 0 amide bonds. The number of halogens is 1. The zero-order chi connectivity index (χ0) is 25.0. The predicted molar refractivity (Wildman–Crippen MR) is 115 cm³/mol. The van der Waals surface area contributed by atoms with Crippen molar-refractivity contribution >= 4 is 31.5 Å². The van der Waals surface area contributed by atoms with E-state index in [4.69, 9.17) is 30.1 Å². The quantitative estimate of drug-likeness (QED) is 0.189. The Labute approximate surface area is 194 Å². The van der Waals surface area contributed by atoms with Crippen molar-refractivity contribution in [3.63, 3.8) is 0 Å². The van der Waals surface area contributed by atoms with E-state index >= 15 is 0 Å². The molecule has 0 atom stereocenters. The molecule has 0 aromatic carbocycles. The average Bonchev–Trinajstić information content (AvgIpc) is 2.68. The second-order valence-electron chi connectivity index (χ2n) is 6.79. The lowest BCUT2D eigenvalue weighted by Crippen LogP contribution is -2.29. The first kappa shape index (κ1) is 28.4. The molecular formula is C18H26ClN2O11P. The molecule has 0 spiro atoms. The summed E-state index contributed by atoms with van der Waals surface area (Å²) in [4.78, 5) is 48.7. The third kappa shape index (κ3) is 11.7. The number of allylic oxidation sites excluding steroid dienone is 2. The minimum atomic E-state index is -4.43. The van der Waals surface area contributed by atoms with Crippen molar-refractivity contribution in [3.05, 3.63) is 44.2 Å². The van der Waals surface area contributed by atoms with Crippen LogP contribution in [0.2, 0.25) is 5.02 Å². The summed E-state index contributed by atoms with van der Waals surface area (Å²) in [5.74, 6) is 0. The minimum absolute atomic E-state index is 0.0886. The van der Waals surface area contributed by atoms with E-state index in [-0.39, 0.29) is 23.8 Å². The van der Waals surface area contributed by atoms with Crippen molar-refractivity contribution in [2.45, 2.75) is 46.4 Å². The maximum absolute atomic E-state index is 12.9. The standard InChI is InChI=1S/C18H26ClN2O11P/c1-12(2)27-10-29-17(24)31-33(26,32-18(25)30-11-28-13(3)4)8-6-5-7-21-9-14(19)15(22)20-16(21)23/h5-6,9,12-13H,7-8,10-11H2,1-4H3,(H,20,22,23)/b6-5+. The summed E-state index contributed by atoms with van der Waals surface area (Å²) in [7, 11) is -4.43. The molecule has 33 heavy (non-hydrogen) atoms. The molecule has 0 aliphatic heterocycles. The molecule has 0 fully saturated rings. The highest BCUT2D eigenvalue weighted by Crippen LogP contribution is 2.49. The number of nitrogens with one attached hydrogen (secondary N) is 1. The normalized spacial score (nSPS) is 11.7. The molecule has 0 aliphatic carbocycles. The third-order valence-corrected chi connectivity index (χ3v) is 5.13. The third-order valence-electron chi connectivity index (χ3n) is 3.35. The Hall–Kier alpha value is -2.60. The van der Waals surface area contributed by atoms with E-state index < -0.39 is 50.9 Å². The van der Waals surface area contributed by atoms with Gasteiger partial charge >= 0.3 is 25.6 Å². The summed E-state index contributed by atoms with van der Waals surface area (Å²) in [6.45, 7) is 5.75. The molecule has 0 saturated heterocycles. The molecule has 0 saturated carbocycles. The van der Waals surface area contributed by atoms with Gasteiger partial charge in [0, 0.05) is 12.7 Å². The second kappa shape index (κ2) is 13.8. The van der Waals surface area contributed by atoms with Gasteiger partial charge in [-0.3, -0.25) is 14.3 Å². The molecule has 0 unspecified atom stereocenters. The van der Waals surface area contributed by atoms with Gasteiger partial charge in [0.05, 0.1) is 18.4 Å². The molecule has 13 nitrogen and oxygen atoms in total. The van der Waals surface area contributed by atoms with Gasteiger partial charge in [0.2, 0.25) is 0 Å². The average molecular weight is 513 g/mol. The van der Waals surface area contributed by atoms with Crippen molar-refractivity contribution in [2.75, 3.05) is 19.7 Å². The van der Waals surface area contributed by atoms with Crippen molar-refractivity contribution in [1.82, 2.24) is 9.55 Å². The Morgan fingerprint density at radius 1 is 1.03 bits per heavy atom. The lowest BCUT2D eigenvalue weighted by molar-refractivity contribution is -0.0602. The van der Waals surface area contributed by atoms with Gasteiger partial charge in [-0.2, -0.15) is 0 Å². The molecule has 1 rings (SSSR count). The van der Waals surface area contributed by atoms with Gasteiger partial charge in [-0.05, 0) is 27.7 Å². The van der Waals surface area contributed by atoms with Crippen LogP contribution < -0.4 is 11.2 Å². The van der Waals surface area contributed by atoms with Gasteiger partial charge in [-0.1, -0.05) is 23.8 Å². The fourth-order valence-electron chi connectivity index (χ4n) is 1.82. The second-order valence-corrected chi connectivity index (χ2v) is 9.15. The number of hydrogen-bond acceptors (Lipinski definition) is 11. The van der Waals surface area contributed by atoms with E-state index in [2.05, 4.69) is 9.47 Å². The van der Waals surface area contributed by atoms with E-state index in [9.17, 15) is 23.7 Å². The fourth-order valence-corrected chi connectivity index (χ4v) is 3.14. The number of carbonyl (C=O) groups excluding carboxylic acids is 2. The Morgan fingerprint density at radius 3 is 2.03 bits per heavy atom. The van der Waals surface area contributed by atoms with E-state index in [0.29, 0.717) is 0 Å². The smallest absolute Gasteiger partial charge is 0.407 e. The molecule has 1 aromatic rings. The van der Waals surface area contributed by atoms with Gasteiger partial charge < -0.3 is 28.0 Å². The first-order valence-electron chi connectivity index (χ1n) is 9.61. The fraction of sp³-hybridized carbons (Fsp3) is 0.556. The van der Waals surface area contributed by atoms with Crippen LogP contribution in [0, 0.1) is 0 Å². The van der Waals surface area contributed by atoms with Crippen LogP contribution in [0.4, 0.5) is 9.59 Å². The summed E-state index contributed by atoms with van der Waals surface area (Å²) >= 11 is 5.67. The predicted octanol–water partition coefficient (Wildman–Crippen LogP) is 3.01. The lowest BCUT2D eigenvalue weighted by atomic mass is 10.5. The van der Waals surface area contributed by atoms with Crippen LogP contribution in [0.25, 0.3) is 0 Å². The molecule has 15 heteroatoms. The monoisotopic (exact) mass is 512 g/mol. The van der Waals surface area contributed by atoms with E-state index in [0.717, 1.165) is 10.8 Å². The van der Waals surface area contributed by atoms with Crippen LogP contribution >= 0.6 is 19.2 Å². The molecule has 1 N–H and O–H groups in total. The van der Waals surface area contributed by atoms with E-state index in [1.165, 1.54) is 12.2 Å². The van der Waals surface area contributed by atoms with Gasteiger partial charge in [0.1, 0.15) is 5.02 Å². The van der Waals surface area contributed by atoms with Crippen LogP contribution in [0.15, 0.2) is 27.9 Å². The van der Waals surface area contributed by atoms with Gasteiger partial charge in [0.15, 0.2) is 13.6 Å². The Balaban J connectivity index is 2.82. The molecule has 186 valence electrons. The minimum Gasteiger partial charge on any atom is -0.407 e. The van der Waals surface area contributed by atoms with Crippen molar-refractivity contribution in [3.8, 4) is 0 Å². The molecule has 0 aliphatic rings. The maximum Gasteiger partial charge on any atom is 0.517 e. The highest BCUT2D eigenvalue weighted by Gasteiger charge is 2.33. The van der Waals surface area contributed by atoms with Crippen molar-refractivity contribution in [1.29, 1.82) is 0 Å². The summed E-state index contributed by atoms with van der Waals surface area (Å²) < 4.78 is 42.6. The summed E-state index contributed by atoms with van der Waals surface area (Å²) in [6, 6.07) is 0. The topological polar surface area (TPSA) is 161 Å². The Morgan fingerprint density at radius 2 is 1.55 bits per heavy atom.